The van der Waals surface area contributed by atoms with Crippen LogP contribution in [-0.2, 0) is 0 Å². The highest BCUT2D eigenvalue weighted by molar-refractivity contribution is 6.13. The molecule has 2 unspecified atom stereocenters. The van der Waals surface area contributed by atoms with Gasteiger partial charge in [-0.3, -0.25) is 0 Å². The second-order valence-corrected chi connectivity index (χ2v) is 14.6. The van der Waals surface area contributed by atoms with Crippen LogP contribution in [0, 0.1) is 0 Å². The Kier molecular flexibility index (Phi) is 8.44. The van der Waals surface area contributed by atoms with E-state index in [1.165, 1.54) is 60.1 Å². The first kappa shape index (κ1) is 32.8. The number of fused-ring (bicyclic) bond motifs is 4. The molecule has 0 saturated carbocycles. The van der Waals surface area contributed by atoms with E-state index in [9.17, 15) is 0 Å². The van der Waals surface area contributed by atoms with Crippen LogP contribution in [0.5, 0.6) is 0 Å². The van der Waals surface area contributed by atoms with Crippen molar-refractivity contribution < 1.29 is 0 Å². The van der Waals surface area contributed by atoms with Crippen LogP contribution in [0.2, 0.25) is 0 Å². The lowest BCUT2D eigenvalue weighted by Crippen LogP contribution is -2.05. The van der Waals surface area contributed by atoms with Gasteiger partial charge in [0.2, 0.25) is 0 Å². The lowest BCUT2D eigenvalue weighted by molar-refractivity contribution is 0.867. The zero-order chi connectivity index (χ0) is 36.6. The molecule has 55 heavy (non-hydrogen) atoms. The van der Waals surface area contributed by atoms with Gasteiger partial charge in [-0.25, -0.2) is 9.97 Å². The minimum absolute atomic E-state index is 0.249. The molecule has 2 heteroatoms. The Morgan fingerprint density at radius 3 is 2.07 bits per heavy atom. The van der Waals surface area contributed by atoms with E-state index in [1.54, 1.807) is 0 Å². The highest BCUT2D eigenvalue weighted by Gasteiger charge is 2.20. The summed E-state index contributed by atoms with van der Waals surface area (Å²) < 4.78 is 0. The van der Waals surface area contributed by atoms with E-state index in [1.807, 2.05) is 6.08 Å². The Labute approximate surface area is 321 Å². The molecule has 0 aliphatic heterocycles. The standard InChI is InChI=1S/C53H38N2/c1-2-4-14-36(13-3-1)37-25-29-40(30-26-37)51-35-52(44-19-11-18-42(33-44)46-24-12-17-38-15-5-7-20-45(38)46)55-53(54-51)41-31-27-39(28-32-41)50-34-43-16-6-8-21-47(43)48-22-9-10-23-49(48)50/h1-3,5-12,14-32,34-36,42H,13,33H2. The number of hydrogen-bond acceptors (Lipinski definition) is 2. The molecule has 1 aromatic heterocycles. The van der Waals surface area contributed by atoms with Gasteiger partial charge in [0.1, 0.15) is 0 Å². The highest BCUT2D eigenvalue weighted by Crippen LogP contribution is 2.39. The van der Waals surface area contributed by atoms with Gasteiger partial charge in [-0.05, 0) is 97.3 Å². The van der Waals surface area contributed by atoms with Crippen LogP contribution in [0.4, 0.5) is 0 Å². The number of benzene rings is 7. The molecule has 0 amide bonds. The summed E-state index contributed by atoms with van der Waals surface area (Å²) in [6.07, 6.45) is 17.0. The Bertz CT molecular complexity index is 2900. The van der Waals surface area contributed by atoms with Crippen molar-refractivity contribution in [3.05, 3.63) is 217 Å². The largest absolute Gasteiger partial charge is 0.228 e. The van der Waals surface area contributed by atoms with E-state index >= 15 is 0 Å². The lowest BCUT2D eigenvalue weighted by Gasteiger charge is -2.21. The van der Waals surface area contributed by atoms with E-state index in [4.69, 9.17) is 9.97 Å². The van der Waals surface area contributed by atoms with Crippen molar-refractivity contribution in [1.29, 1.82) is 0 Å². The molecule has 1 heterocycles. The second-order valence-electron chi connectivity index (χ2n) is 14.6. The summed E-state index contributed by atoms with van der Waals surface area (Å²) in [7, 11) is 0. The topological polar surface area (TPSA) is 25.8 Å². The Balaban J connectivity index is 1.05. The summed E-state index contributed by atoms with van der Waals surface area (Å²) in [5.41, 5.74) is 13.5. The molecule has 2 atom stereocenters. The van der Waals surface area contributed by atoms with Crippen molar-refractivity contribution in [1.82, 2.24) is 9.97 Å². The van der Waals surface area contributed by atoms with E-state index in [2.05, 4.69) is 194 Å². The normalized spacial score (nSPS) is 16.5. The van der Waals surface area contributed by atoms with Crippen molar-refractivity contribution in [2.24, 2.45) is 0 Å². The Morgan fingerprint density at radius 2 is 1.22 bits per heavy atom. The van der Waals surface area contributed by atoms with Gasteiger partial charge in [0, 0.05) is 23.0 Å². The van der Waals surface area contributed by atoms with Crippen LogP contribution < -0.4 is 0 Å². The fraction of sp³-hybridized carbons (Fsp3) is 0.0755. The number of allylic oxidation sites excluding steroid dienone is 7. The third kappa shape index (κ3) is 6.33. The maximum absolute atomic E-state index is 5.30. The third-order valence-corrected chi connectivity index (χ3v) is 11.2. The summed E-state index contributed by atoms with van der Waals surface area (Å²) in [5.74, 6) is 1.29. The number of nitrogens with zero attached hydrogens (tertiary/aromatic N) is 2. The van der Waals surface area contributed by atoms with Gasteiger partial charge in [0.15, 0.2) is 5.82 Å². The molecule has 0 fully saturated rings. The van der Waals surface area contributed by atoms with Crippen LogP contribution in [0.3, 0.4) is 0 Å². The zero-order valence-corrected chi connectivity index (χ0v) is 30.4. The van der Waals surface area contributed by atoms with Crippen LogP contribution in [0.1, 0.15) is 41.5 Å². The summed E-state index contributed by atoms with van der Waals surface area (Å²) in [6.45, 7) is 0. The molecule has 8 aromatic rings. The molecule has 0 N–H and O–H groups in total. The van der Waals surface area contributed by atoms with E-state index in [0.717, 1.165) is 41.2 Å². The first-order valence-corrected chi connectivity index (χ1v) is 19.2. The van der Waals surface area contributed by atoms with Crippen LogP contribution in [0.25, 0.3) is 71.7 Å². The van der Waals surface area contributed by atoms with Gasteiger partial charge in [-0.15, -0.1) is 5.73 Å². The number of rotatable bonds is 6. The quantitative estimate of drug-likeness (QED) is 0.127. The molecule has 0 saturated heterocycles. The second kappa shape index (κ2) is 14.2. The molecule has 10 rings (SSSR count). The Morgan fingerprint density at radius 1 is 0.527 bits per heavy atom. The minimum Gasteiger partial charge on any atom is -0.228 e. The third-order valence-electron chi connectivity index (χ3n) is 11.2. The van der Waals surface area contributed by atoms with E-state index in [-0.39, 0.29) is 5.92 Å². The fourth-order valence-corrected chi connectivity index (χ4v) is 8.36. The summed E-state index contributed by atoms with van der Waals surface area (Å²) in [5, 5.41) is 7.61. The van der Waals surface area contributed by atoms with Gasteiger partial charge in [-0.2, -0.15) is 0 Å². The monoisotopic (exact) mass is 702 g/mol. The van der Waals surface area contributed by atoms with Gasteiger partial charge in [0.05, 0.1) is 11.4 Å². The summed E-state index contributed by atoms with van der Waals surface area (Å²) >= 11 is 0. The van der Waals surface area contributed by atoms with Gasteiger partial charge in [-0.1, -0.05) is 170 Å². The number of aromatic nitrogens is 2. The van der Waals surface area contributed by atoms with Gasteiger partial charge >= 0.3 is 0 Å². The smallest absolute Gasteiger partial charge is 0.160 e. The first-order valence-electron chi connectivity index (χ1n) is 19.2. The number of hydrogen-bond donors (Lipinski definition) is 0. The molecular weight excluding hydrogens is 665 g/mol. The fourth-order valence-electron chi connectivity index (χ4n) is 8.36. The van der Waals surface area contributed by atoms with Crippen LogP contribution in [0.15, 0.2) is 200 Å². The van der Waals surface area contributed by atoms with Crippen molar-refractivity contribution in [3.8, 4) is 33.8 Å². The average molecular weight is 703 g/mol. The molecule has 0 spiro atoms. The van der Waals surface area contributed by atoms with Crippen molar-refractivity contribution >= 4 is 37.9 Å². The molecule has 2 aliphatic rings. The molecular formula is C53H38N2. The SMILES string of the molecule is C1=CC=CCC(c2ccc(-c3cc(C4=CC=CC(c5cccc6ccccc56)C4)nc(-c4ccc(-c5cc6ccccc6c6ccccc56)cc4)n3)cc2)C=1. The molecule has 2 nitrogen and oxygen atoms in total. The first-order chi connectivity index (χ1) is 27.2. The van der Waals surface area contributed by atoms with E-state index < -0.39 is 0 Å². The molecule has 260 valence electrons. The summed E-state index contributed by atoms with van der Waals surface area (Å²) in [6, 6.07) is 54.9. The molecule has 7 aromatic carbocycles. The van der Waals surface area contributed by atoms with E-state index in [0.29, 0.717) is 5.92 Å². The lowest BCUT2D eigenvalue weighted by atomic mass is 9.84. The molecule has 2 aliphatic carbocycles. The summed E-state index contributed by atoms with van der Waals surface area (Å²) in [4.78, 5) is 10.5. The van der Waals surface area contributed by atoms with Gasteiger partial charge < -0.3 is 0 Å². The van der Waals surface area contributed by atoms with Crippen LogP contribution >= 0.6 is 0 Å². The minimum atomic E-state index is 0.249. The molecule has 0 bridgehead atoms. The van der Waals surface area contributed by atoms with Crippen molar-refractivity contribution in [2.45, 2.75) is 24.7 Å². The maximum atomic E-state index is 5.30. The Hall–Kier alpha value is -6.86. The molecule has 0 radical (unpaired) electrons. The van der Waals surface area contributed by atoms with Crippen molar-refractivity contribution in [2.75, 3.05) is 0 Å². The van der Waals surface area contributed by atoms with Gasteiger partial charge in [0.25, 0.3) is 0 Å². The highest BCUT2D eigenvalue weighted by atomic mass is 14.9. The average Bonchev–Trinajstić information content (AvgIpc) is 3.56. The zero-order valence-electron chi connectivity index (χ0n) is 30.4. The van der Waals surface area contributed by atoms with Crippen molar-refractivity contribution in [3.63, 3.8) is 0 Å². The van der Waals surface area contributed by atoms with Crippen LogP contribution in [-0.4, -0.2) is 9.97 Å². The predicted molar refractivity (Wildman–Crippen MR) is 231 cm³/mol. The maximum Gasteiger partial charge on any atom is 0.160 e. The predicted octanol–water partition coefficient (Wildman–Crippen LogP) is 13.8.